The van der Waals surface area contributed by atoms with Gasteiger partial charge in [-0.05, 0) is 17.4 Å². The summed E-state index contributed by atoms with van der Waals surface area (Å²) in [4.78, 5) is 0. The zero-order valence-corrected chi connectivity index (χ0v) is 10.2. The van der Waals surface area contributed by atoms with Gasteiger partial charge >= 0.3 is 0 Å². The molecule has 17 heavy (non-hydrogen) atoms. The Hall–Kier alpha value is -1.70. The lowest BCUT2D eigenvalue weighted by molar-refractivity contribution is 0.159. The van der Waals surface area contributed by atoms with E-state index in [2.05, 4.69) is 55.6 Å². The van der Waals surface area contributed by atoms with Crippen molar-refractivity contribution < 1.29 is 4.74 Å². The molecule has 1 N–H and O–H groups in total. The second kappa shape index (κ2) is 3.95. The molecule has 1 atom stereocenters. The van der Waals surface area contributed by atoms with Crippen LogP contribution in [-0.4, -0.2) is 12.6 Å². The van der Waals surface area contributed by atoms with Gasteiger partial charge in [-0.3, -0.25) is 0 Å². The number of ether oxygens (including phenoxy) is 1. The van der Waals surface area contributed by atoms with Gasteiger partial charge in [0.25, 0.3) is 0 Å². The lowest BCUT2D eigenvalue weighted by Gasteiger charge is -2.30. The van der Waals surface area contributed by atoms with Crippen molar-refractivity contribution in [3.63, 3.8) is 0 Å². The molecule has 1 unspecified atom stereocenters. The Bertz CT molecular complexity index is 548. The van der Waals surface area contributed by atoms with E-state index in [1.807, 2.05) is 0 Å². The van der Waals surface area contributed by atoms with E-state index in [1.54, 1.807) is 0 Å². The van der Waals surface area contributed by atoms with E-state index in [4.69, 9.17) is 4.74 Å². The Balaban J connectivity index is 2.12. The fourth-order valence-corrected chi connectivity index (χ4v) is 2.28. The molecule has 2 nitrogen and oxygen atoms in total. The largest absolute Gasteiger partial charge is 0.486 e. The van der Waals surface area contributed by atoms with Crippen LogP contribution < -0.4 is 10.1 Å². The molecule has 0 bridgehead atoms. The van der Waals surface area contributed by atoms with Crippen molar-refractivity contribution in [2.45, 2.75) is 20.0 Å². The molecule has 0 spiro atoms. The first-order valence-electron chi connectivity index (χ1n) is 6.18. The normalized spacial score (nSPS) is 18.6. The van der Waals surface area contributed by atoms with Gasteiger partial charge in [0.05, 0.1) is 12.2 Å². The van der Waals surface area contributed by atoms with Gasteiger partial charge in [-0.25, -0.2) is 0 Å². The minimum Gasteiger partial charge on any atom is -0.486 e. The van der Waals surface area contributed by atoms with Crippen molar-refractivity contribution in [3.05, 3.63) is 36.4 Å². The molecule has 3 rings (SSSR count). The summed E-state index contributed by atoms with van der Waals surface area (Å²) in [6, 6.07) is 12.6. The van der Waals surface area contributed by atoms with Crippen LogP contribution in [0, 0.1) is 5.92 Å². The molecule has 1 aliphatic heterocycles. The Labute approximate surface area is 102 Å². The van der Waals surface area contributed by atoms with E-state index in [9.17, 15) is 0 Å². The molecule has 0 radical (unpaired) electrons. The quantitative estimate of drug-likeness (QED) is 0.802. The summed E-state index contributed by atoms with van der Waals surface area (Å²) in [5.41, 5.74) is 1.11. The van der Waals surface area contributed by atoms with E-state index < -0.39 is 0 Å². The van der Waals surface area contributed by atoms with Gasteiger partial charge in [0.1, 0.15) is 6.10 Å². The summed E-state index contributed by atoms with van der Waals surface area (Å²) in [7, 11) is 0. The summed E-state index contributed by atoms with van der Waals surface area (Å²) in [6.45, 7) is 5.29. The molecule has 0 aliphatic carbocycles. The maximum Gasteiger partial charge on any atom is 0.150 e. The van der Waals surface area contributed by atoms with Crippen molar-refractivity contribution >= 4 is 16.5 Å². The standard InChI is InChI=1S/C15H17NO/c1-10(2)14-9-16-13-8-7-11-5-3-4-6-12(11)15(13)17-14/h3-8,10,14,16H,9H2,1-2H3. The van der Waals surface area contributed by atoms with Crippen LogP contribution in [0.25, 0.3) is 10.8 Å². The maximum absolute atomic E-state index is 6.14. The zero-order valence-electron chi connectivity index (χ0n) is 10.2. The van der Waals surface area contributed by atoms with Gasteiger partial charge in [-0.15, -0.1) is 0 Å². The highest BCUT2D eigenvalue weighted by Gasteiger charge is 2.23. The Morgan fingerprint density at radius 3 is 2.82 bits per heavy atom. The van der Waals surface area contributed by atoms with Crippen LogP contribution in [0.3, 0.4) is 0 Å². The minimum atomic E-state index is 0.258. The van der Waals surface area contributed by atoms with E-state index >= 15 is 0 Å². The molecule has 0 saturated carbocycles. The molecule has 2 aromatic rings. The molecule has 1 aliphatic rings. The summed E-state index contributed by atoms with van der Waals surface area (Å²) in [6.07, 6.45) is 0.258. The van der Waals surface area contributed by atoms with Crippen LogP contribution in [0.1, 0.15) is 13.8 Å². The molecule has 2 heteroatoms. The number of benzene rings is 2. The van der Waals surface area contributed by atoms with Gasteiger partial charge in [0, 0.05) is 5.39 Å². The summed E-state index contributed by atoms with van der Waals surface area (Å²) in [5.74, 6) is 1.53. The number of rotatable bonds is 1. The Morgan fingerprint density at radius 2 is 2.00 bits per heavy atom. The minimum absolute atomic E-state index is 0.258. The molecule has 88 valence electrons. The number of anilines is 1. The highest BCUT2D eigenvalue weighted by molar-refractivity contribution is 5.93. The monoisotopic (exact) mass is 227 g/mol. The molecular formula is C15H17NO. The number of nitrogens with one attached hydrogen (secondary N) is 1. The van der Waals surface area contributed by atoms with Gasteiger partial charge in [0.15, 0.2) is 5.75 Å². The lowest BCUT2D eigenvalue weighted by Crippen LogP contribution is -2.35. The Morgan fingerprint density at radius 1 is 1.18 bits per heavy atom. The van der Waals surface area contributed by atoms with Crippen molar-refractivity contribution in [2.24, 2.45) is 5.92 Å². The van der Waals surface area contributed by atoms with Crippen molar-refractivity contribution in [3.8, 4) is 5.75 Å². The molecule has 0 aromatic heterocycles. The molecule has 0 fully saturated rings. The van der Waals surface area contributed by atoms with E-state index in [0.29, 0.717) is 5.92 Å². The number of fused-ring (bicyclic) bond motifs is 3. The first-order chi connectivity index (χ1) is 8.25. The third-order valence-corrected chi connectivity index (χ3v) is 3.39. The maximum atomic E-state index is 6.14. The number of hydrogen-bond acceptors (Lipinski definition) is 2. The van der Waals surface area contributed by atoms with Crippen LogP contribution in [0.4, 0.5) is 5.69 Å². The van der Waals surface area contributed by atoms with Crippen LogP contribution in [0.15, 0.2) is 36.4 Å². The highest BCUT2D eigenvalue weighted by atomic mass is 16.5. The summed E-state index contributed by atoms with van der Waals surface area (Å²) >= 11 is 0. The van der Waals surface area contributed by atoms with Gasteiger partial charge in [0.2, 0.25) is 0 Å². The van der Waals surface area contributed by atoms with Gasteiger partial charge in [-0.2, -0.15) is 0 Å². The van der Waals surface area contributed by atoms with E-state index in [1.165, 1.54) is 10.8 Å². The third kappa shape index (κ3) is 1.74. The van der Waals surface area contributed by atoms with Crippen molar-refractivity contribution in [2.75, 3.05) is 11.9 Å². The van der Waals surface area contributed by atoms with Crippen LogP contribution in [-0.2, 0) is 0 Å². The summed E-state index contributed by atoms with van der Waals surface area (Å²) < 4.78 is 6.14. The van der Waals surface area contributed by atoms with Crippen LogP contribution in [0.5, 0.6) is 5.75 Å². The smallest absolute Gasteiger partial charge is 0.150 e. The molecule has 2 aromatic carbocycles. The van der Waals surface area contributed by atoms with Crippen LogP contribution >= 0.6 is 0 Å². The van der Waals surface area contributed by atoms with E-state index in [-0.39, 0.29) is 6.10 Å². The average molecular weight is 227 g/mol. The third-order valence-electron chi connectivity index (χ3n) is 3.39. The van der Waals surface area contributed by atoms with Gasteiger partial charge in [-0.1, -0.05) is 44.2 Å². The predicted molar refractivity (Wildman–Crippen MR) is 71.7 cm³/mol. The fraction of sp³-hybridized carbons (Fsp3) is 0.333. The SMILES string of the molecule is CC(C)C1CNc2ccc3ccccc3c2O1. The first-order valence-corrected chi connectivity index (χ1v) is 6.18. The highest BCUT2D eigenvalue weighted by Crippen LogP contribution is 2.37. The predicted octanol–water partition coefficient (Wildman–Crippen LogP) is 3.67. The summed E-state index contributed by atoms with van der Waals surface area (Å²) in [5, 5.41) is 5.89. The van der Waals surface area contributed by atoms with E-state index in [0.717, 1.165) is 18.0 Å². The Kier molecular flexibility index (Phi) is 2.43. The second-order valence-electron chi connectivity index (χ2n) is 4.94. The lowest BCUT2D eigenvalue weighted by atomic mass is 10.0. The molecule has 0 saturated heterocycles. The fourth-order valence-electron chi connectivity index (χ4n) is 2.28. The molecule has 0 amide bonds. The van der Waals surface area contributed by atoms with Crippen molar-refractivity contribution in [1.82, 2.24) is 0 Å². The average Bonchev–Trinajstić information content (AvgIpc) is 2.38. The van der Waals surface area contributed by atoms with Gasteiger partial charge < -0.3 is 10.1 Å². The molecule has 1 heterocycles. The number of hydrogen-bond donors (Lipinski definition) is 1. The topological polar surface area (TPSA) is 21.3 Å². The van der Waals surface area contributed by atoms with Crippen LogP contribution in [0.2, 0.25) is 0 Å². The first kappa shape index (κ1) is 10.5. The zero-order chi connectivity index (χ0) is 11.8. The van der Waals surface area contributed by atoms with Crippen molar-refractivity contribution in [1.29, 1.82) is 0 Å². The second-order valence-corrected chi connectivity index (χ2v) is 4.94. The molecular weight excluding hydrogens is 210 g/mol.